The summed E-state index contributed by atoms with van der Waals surface area (Å²) in [6.45, 7) is -0.481. The van der Waals surface area contributed by atoms with Crippen LogP contribution in [-0.2, 0) is 4.74 Å². The van der Waals surface area contributed by atoms with Crippen LogP contribution in [0.2, 0.25) is 0 Å². The van der Waals surface area contributed by atoms with Gasteiger partial charge in [-0.2, -0.15) is 0 Å². The highest BCUT2D eigenvalue weighted by Crippen LogP contribution is 2.34. The number of carbonyl (C=O) groups is 1. The first-order valence-corrected chi connectivity index (χ1v) is 9.96. The van der Waals surface area contributed by atoms with E-state index in [1.54, 1.807) is 43.4 Å². The van der Waals surface area contributed by atoms with Crippen molar-refractivity contribution in [2.75, 3.05) is 13.7 Å². The molecule has 31 heavy (non-hydrogen) atoms. The summed E-state index contributed by atoms with van der Waals surface area (Å²) in [5, 5.41) is 43.3. The molecule has 0 unspecified atom stereocenters. The SMILES string of the molecule is CNC(=O)c1ccc2nc(-c3cccc([C@H]4O[C@H](CO)[C@@H](O)[C@H](O)[C@@H]4O)c3)ccc2c1. The largest absolute Gasteiger partial charge is 0.394 e. The number of fused-ring (bicyclic) bond motifs is 1. The number of nitrogens with zero attached hydrogens (tertiary/aromatic N) is 1. The van der Waals surface area contributed by atoms with Gasteiger partial charge in [0.25, 0.3) is 5.91 Å². The van der Waals surface area contributed by atoms with Gasteiger partial charge in [0.2, 0.25) is 0 Å². The summed E-state index contributed by atoms with van der Waals surface area (Å²) < 4.78 is 5.66. The number of aliphatic hydroxyl groups is 4. The van der Waals surface area contributed by atoms with E-state index in [9.17, 15) is 25.2 Å². The van der Waals surface area contributed by atoms with Crippen LogP contribution >= 0.6 is 0 Å². The Morgan fingerprint density at radius 3 is 2.58 bits per heavy atom. The topological polar surface area (TPSA) is 132 Å². The molecule has 8 heteroatoms. The van der Waals surface area contributed by atoms with Crippen molar-refractivity contribution in [2.24, 2.45) is 0 Å². The quantitative estimate of drug-likeness (QED) is 0.418. The smallest absolute Gasteiger partial charge is 0.251 e. The molecular formula is C23H24N2O6. The molecule has 5 N–H and O–H groups in total. The van der Waals surface area contributed by atoms with E-state index in [-0.39, 0.29) is 5.91 Å². The Morgan fingerprint density at radius 2 is 1.84 bits per heavy atom. The summed E-state index contributed by atoms with van der Waals surface area (Å²) in [7, 11) is 1.58. The summed E-state index contributed by atoms with van der Waals surface area (Å²) in [6.07, 6.45) is -6.07. The molecule has 0 bridgehead atoms. The zero-order valence-corrected chi connectivity index (χ0v) is 16.8. The van der Waals surface area contributed by atoms with Gasteiger partial charge in [-0.3, -0.25) is 4.79 Å². The molecule has 1 aliphatic rings. The fourth-order valence-electron chi connectivity index (χ4n) is 3.82. The van der Waals surface area contributed by atoms with E-state index in [0.29, 0.717) is 16.8 Å². The van der Waals surface area contributed by atoms with E-state index in [4.69, 9.17) is 4.74 Å². The van der Waals surface area contributed by atoms with Crippen molar-refractivity contribution in [3.63, 3.8) is 0 Å². The lowest BCUT2D eigenvalue weighted by molar-refractivity contribution is -0.231. The van der Waals surface area contributed by atoms with Crippen LogP contribution in [0.5, 0.6) is 0 Å². The van der Waals surface area contributed by atoms with Crippen LogP contribution < -0.4 is 5.32 Å². The second-order valence-corrected chi connectivity index (χ2v) is 7.56. The van der Waals surface area contributed by atoms with Gasteiger partial charge in [0.05, 0.1) is 17.8 Å². The van der Waals surface area contributed by atoms with Gasteiger partial charge in [-0.05, 0) is 35.9 Å². The molecule has 3 aromatic rings. The van der Waals surface area contributed by atoms with E-state index in [2.05, 4.69) is 10.3 Å². The van der Waals surface area contributed by atoms with Crippen molar-refractivity contribution in [2.45, 2.75) is 30.5 Å². The number of pyridine rings is 1. The molecule has 4 rings (SSSR count). The predicted molar refractivity (Wildman–Crippen MR) is 113 cm³/mol. The van der Waals surface area contributed by atoms with E-state index in [1.807, 2.05) is 18.2 Å². The van der Waals surface area contributed by atoms with E-state index < -0.39 is 37.1 Å². The fraction of sp³-hybridized carbons (Fsp3) is 0.304. The molecular weight excluding hydrogens is 400 g/mol. The highest BCUT2D eigenvalue weighted by molar-refractivity contribution is 5.98. The number of hydrogen-bond acceptors (Lipinski definition) is 7. The summed E-state index contributed by atoms with van der Waals surface area (Å²) in [6, 6.07) is 16.2. The molecule has 0 spiro atoms. The summed E-state index contributed by atoms with van der Waals surface area (Å²) in [5.41, 5.74) is 3.32. The van der Waals surface area contributed by atoms with Crippen LogP contribution in [0.15, 0.2) is 54.6 Å². The fourth-order valence-corrected chi connectivity index (χ4v) is 3.82. The van der Waals surface area contributed by atoms with E-state index in [1.165, 1.54) is 0 Å². The molecule has 0 radical (unpaired) electrons. The zero-order chi connectivity index (χ0) is 22.1. The summed E-state index contributed by atoms with van der Waals surface area (Å²) >= 11 is 0. The first-order chi connectivity index (χ1) is 14.9. The van der Waals surface area contributed by atoms with Crippen LogP contribution in [0.3, 0.4) is 0 Å². The van der Waals surface area contributed by atoms with Gasteiger partial charge in [-0.1, -0.05) is 24.3 Å². The van der Waals surface area contributed by atoms with Gasteiger partial charge < -0.3 is 30.5 Å². The van der Waals surface area contributed by atoms with Crippen molar-refractivity contribution in [1.82, 2.24) is 10.3 Å². The molecule has 0 aliphatic carbocycles. The molecule has 1 saturated heterocycles. The Labute approximate surface area is 178 Å². The number of aliphatic hydroxyl groups excluding tert-OH is 4. The number of rotatable bonds is 4. The monoisotopic (exact) mass is 424 g/mol. The van der Waals surface area contributed by atoms with E-state index >= 15 is 0 Å². The minimum absolute atomic E-state index is 0.168. The number of nitrogens with one attached hydrogen (secondary N) is 1. The van der Waals surface area contributed by atoms with Gasteiger partial charge in [0, 0.05) is 23.6 Å². The number of ether oxygens (including phenoxy) is 1. The van der Waals surface area contributed by atoms with Gasteiger partial charge in [0.15, 0.2) is 0 Å². The maximum absolute atomic E-state index is 11.8. The molecule has 1 aromatic heterocycles. The van der Waals surface area contributed by atoms with E-state index in [0.717, 1.165) is 16.5 Å². The zero-order valence-electron chi connectivity index (χ0n) is 16.8. The molecule has 2 aromatic carbocycles. The molecule has 2 heterocycles. The maximum atomic E-state index is 11.8. The van der Waals surface area contributed by atoms with Crippen molar-refractivity contribution >= 4 is 16.8 Å². The number of benzene rings is 2. The Balaban J connectivity index is 1.66. The lowest BCUT2D eigenvalue weighted by atomic mass is 9.90. The average Bonchev–Trinajstić information content (AvgIpc) is 2.81. The molecule has 1 amide bonds. The minimum atomic E-state index is -1.44. The predicted octanol–water partition coefficient (Wildman–Crippen LogP) is 0.776. The Hall–Kier alpha value is -2.88. The second kappa shape index (κ2) is 8.70. The third-order valence-corrected chi connectivity index (χ3v) is 5.58. The molecule has 1 aliphatic heterocycles. The average molecular weight is 424 g/mol. The number of aromatic nitrogens is 1. The minimum Gasteiger partial charge on any atom is -0.394 e. The number of carbonyl (C=O) groups excluding carboxylic acids is 1. The Kier molecular flexibility index (Phi) is 5.99. The summed E-state index contributed by atoms with van der Waals surface area (Å²) in [4.78, 5) is 16.5. The van der Waals surface area contributed by atoms with Crippen LogP contribution in [0.4, 0.5) is 0 Å². The van der Waals surface area contributed by atoms with Crippen molar-refractivity contribution < 1.29 is 30.0 Å². The van der Waals surface area contributed by atoms with Gasteiger partial charge in [0.1, 0.15) is 30.5 Å². The second-order valence-electron chi connectivity index (χ2n) is 7.56. The van der Waals surface area contributed by atoms with Crippen LogP contribution in [0, 0.1) is 0 Å². The van der Waals surface area contributed by atoms with Crippen LogP contribution in [0.1, 0.15) is 22.0 Å². The van der Waals surface area contributed by atoms with Crippen molar-refractivity contribution in [1.29, 1.82) is 0 Å². The van der Waals surface area contributed by atoms with Crippen LogP contribution in [0.25, 0.3) is 22.2 Å². The van der Waals surface area contributed by atoms with Gasteiger partial charge >= 0.3 is 0 Å². The molecule has 0 saturated carbocycles. The Morgan fingerprint density at radius 1 is 1.03 bits per heavy atom. The standard InChI is InChI=1S/C23H24N2O6/c1-24-23(30)15-6-8-17-13(10-15)5-7-16(25-17)12-3-2-4-14(9-12)22-21(29)20(28)19(27)18(11-26)31-22/h2-10,18-22,26-29H,11H2,1H3,(H,24,30)/t18-,19-,20+,21+,22-/m1/s1. The lowest BCUT2D eigenvalue weighted by Crippen LogP contribution is -2.55. The summed E-state index contributed by atoms with van der Waals surface area (Å²) in [5.74, 6) is -0.168. The lowest BCUT2D eigenvalue weighted by Gasteiger charge is -2.40. The molecule has 162 valence electrons. The normalized spacial score (nSPS) is 26.0. The highest BCUT2D eigenvalue weighted by Gasteiger charge is 2.43. The van der Waals surface area contributed by atoms with Gasteiger partial charge in [-0.25, -0.2) is 4.98 Å². The highest BCUT2D eigenvalue weighted by atomic mass is 16.5. The van der Waals surface area contributed by atoms with Gasteiger partial charge in [-0.15, -0.1) is 0 Å². The third kappa shape index (κ3) is 4.04. The first-order valence-electron chi connectivity index (χ1n) is 9.96. The Bertz CT molecular complexity index is 1100. The number of hydrogen-bond donors (Lipinski definition) is 5. The van der Waals surface area contributed by atoms with Crippen LogP contribution in [-0.4, -0.2) is 69.4 Å². The van der Waals surface area contributed by atoms with Crippen molar-refractivity contribution in [3.8, 4) is 11.3 Å². The molecule has 8 nitrogen and oxygen atoms in total. The molecule has 5 atom stereocenters. The first kappa shape index (κ1) is 21.4. The molecule has 1 fully saturated rings. The maximum Gasteiger partial charge on any atom is 0.251 e. The van der Waals surface area contributed by atoms with Crippen molar-refractivity contribution in [3.05, 3.63) is 65.7 Å². The third-order valence-electron chi connectivity index (χ3n) is 5.58. The number of amides is 1.